The van der Waals surface area contributed by atoms with Crippen LogP contribution < -0.4 is 4.74 Å². The molecular weight excluding hydrogens is 195 g/mol. The van der Waals surface area contributed by atoms with E-state index >= 15 is 0 Å². The first kappa shape index (κ1) is 9.99. The minimum absolute atomic E-state index is 0.0831. The smallest absolute Gasteiger partial charge is 0.156 e. The Hall–Kier alpha value is -1.09. The fourth-order valence-corrected chi connectivity index (χ4v) is 1.42. The molecule has 0 heterocycles. The quantitative estimate of drug-likeness (QED) is 0.689. The second-order valence-corrected chi connectivity index (χ2v) is 2.96. The van der Waals surface area contributed by atoms with Crippen molar-refractivity contribution in [3.63, 3.8) is 0 Å². The van der Waals surface area contributed by atoms with Crippen LogP contribution in [0, 0.1) is 12.7 Å². The van der Waals surface area contributed by atoms with Gasteiger partial charge in [-0.25, -0.2) is 4.39 Å². The fourth-order valence-electron chi connectivity index (χ4n) is 1.07. The number of aldehydes is 1. The first-order valence-electron chi connectivity index (χ1n) is 3.59. The van der Waals surface area contributed by atoms with E-state index in [4.69, 9.17) is 16.3 Å². The van der Waals surface area contributed by atoms with Crippen molar-refractivity contribution >= 4 is 17.9 Å². The van der Waals surface area contributed by atoms with E-state index in [1.54, 1.807) is 0 Å². The highest BCUT2D eigenvalue weighted by atomic mass is 35.5. The molecule has 0 spiro atoms. The van der Waals surface area contributed by atoms with Gasteiger partial charge in [0, 0.05) is 0 Å². The van der Waals surface area contributed by atoms with Gasteiger partial charge in [0.1, 0.15) is 5.82 Å². The zero-order chi connectivity index (χ0) is 10.0. The molecule has 0 bridgehead atoms. The van der Waals surface area contributed by atoms with E-state index in [0.717, 1.165) is 0 Å². The van der Waals surface area contributed by atoms with Crippen LogP contribution in [0.1, 0.15) is 15.9 Å². The Labute approximate surface area is 80.3 Å². The molecule has 70 valence electrons. The number of methoxy groups -OCH3 is 1. The molecule has 0 saturated carbocycles. The van der Waals surface area contributed by atoms with E-state index < -0.39 is 5.82 Å². The van der Waals surface area contributed by atoms with E-state index in [-0.39, 0.29) is 16.3 Å². The van der Waals surface area contributed by atoms with Crippen LogP contribution in [0.15, 0.2) is 6.07 Å². The zero-order valence-electron chi connectivity index (χ0n) is 7.23. The van der Waals surface area contributed by atoms with Gasteiger partial charge in [0.15, 0.2) is 12.0 Å². The predicted octanol–water partition coefficient (Wildman–Crippen LogP) is 2.61. The van der Waals surface area contributed by atoms with E-state index in [0.29, 0.717) is 11.8 Å². The highest BCUT2D eigenvalue weighted by Gasteiger charge is 2.15. The van der Waals surface area contributed by atoms with Crippen molar-refractivity contribution in [2.75, 3.05) is 7.11 Å². The number of hydrogen-bond acceptors (Lipinski definition) is 2. The summed E-state index contributed by atoms with van der Waals surface area (Å²) in [6.45, 7) is 1.54. The maximum Gasteiger partial charge on any atom is 0.156 e. The van der Waals surface area contributed by atoms with Crippen LogP contribution in [0.3, 0.4) is 0 Å². The standard InChI is InChI=1S/C9H8ClFO2/c1-5-3-7(10)9(13-2)6(4-12)8(5)11/h3-4H,1-2H3. The number of aryl methyl sites for hydroxylation is 1. The minimum Gasteiger partial charge on any atom is -0.494 e. The first-order valence-corrected chi connectivity index (χ1v) is 3.97. The Balaban J connectivity index is 3.50. The van der Waals surface area contributed by atoms with E-state index in [1.807, 2.05) is 0 Å². The van der Waals surface area contributed by atoms with Gasteiger partial charge >= 0.3 is 0 Å². The maximum absolute atomic E-state index is 13.3. The third-order valence-electron chi connectivity index (χ3n) is 1.71. The van der Waals surface area contributed by atoms with Gasteiger partial charge in [-0.1, -0.05) is 11.6 Å². The summed E-state index contributed by atoms with van der Waals surface area (Å²) in [4.78, 5) is 10.5. The molecule has 1 rings (SSSR count). The Bertz CT molecular complexity index is 350. The molecule has 0 radical (unpaired) electrons. The maximum atomic E-state index is 13.3. The number of carbonyl (C=O) groups is 1. The second kappa shape index (κ2) is 3.75. The molecule has 0 atom stereocenters. The molecule has 0 amide bonds. The zero-order valence-corrected chi connectivity index (χ0v) is 7.98. The van der Waals surface area contributed by atoms with Gasteiger partial charge < -0.3 is 4.74 Å². The predicted molar refractivity (Wildman–Crippen MR) is 48.1 cm³/mol. The average Bonchev–Trinajstić information content (AvgIpc) is 2.10. The fraction of sp³-hybridized carbons (Fsp3) is 0.222. The molecule has 0 aromatic heterocycles. The Kier molecular flexibility index (Phi) is 2.88. The van der Waals surface area contributed by atoms with Crippen molar-refractivity contribution in [1.82, 2.24) is 0 Å². The summed E-state index contributed by atoms with van der Waals surface area (Å²) >= 11 is 5.73. The number of carbonyl (C=O) groups excluding carboxylic acids is 1. The number of rotatable bonds is 2. The Morgan fingerprint density at radius 3 is 2.69 bits per heavy atom. The topological polar surface area (TPSA) is 26.3 Å². The number of halogens is 2. The second-order valence-electron chi connectivity index (χ2n) is 2.55. The van der Waals surface area contributed by atoms with Gasteiger partial charge in [0.2, 0.25) is 0 Å². The summed E-state index contributed by atoms with van der Waals surface area (Å²) in [6.07, 6.45) is 0.396. The third kappa shape index (κ3) is 1.65. The van der Waals surface area contributed by atoms with E-state index in [1.165, 1.54) is 20.1 Å². The first-order chi connectivity index (χ1) is 6.11. The van der Waals surface area contributed by atoms with Gasteiger partial charge in [-0.15, -0.1) is 0 Å². The van der Waals surface area contributed by atoms with Crippen molar-refractivity contribution in [2.24, 2.45) is 0 Å². The monoisotopic (exact) mass is 202 g/mol. The van der Waals surface area contributed by atoms with E-state index in [9.17, 15) is 9.18 Å². The van der Waals surface area contributed by atoms with Gasteiger partial charge in [-0.2, -0.15) is 0 Å². The SMILES string of the molecule is COc1c(Cl)cc(C)c(F)c1C=O. The van der Waals surface area contributed by atoms with Crippen LogP contribution >= 0.6 is 11.6 Å². The highest BCUT2D eigenvalue weighted by molar-refractivity contribution is 6.32. The minimum atomic E-state index is -0.587. The molecule has 0 aliphatic carbocycles. The van der Waals surface area contributed by atoms with Crippen LogP contribution in [-0.4, -0.2) is 13.4 Å². The molecule has 0 fully saturated rings. The van der Waals surface area contributed by atoms with Crippen molar-refractivity contribution < 1.29 is 13.9 Å². The average molecular weight is 203 g/mol. The van der Waals surface area contributed by atoms with Crippen molar-refractivity contribution in [3.8, 4) is 5.75 Å². The van der Waals surface area contributed by atoms with Gasteiger partial charge in [-0.05, 0) is 18.6 Å². The summed E-state index contributed by atoms with van der Waals surface area (Å²) < 4.78 is 18.1. The normalized spacial score (nSPS) is 9.85. The lowest BCUT2D eigenvalue weighted by molar-refractivity contribution is 0.111. The molecule has 2 nitrogen and oxygen atoms in total. The lowest BCUT2D eigenvalue weighted by Gasteiger charge is -2.08. The molecule has 0 aliphatic heterocycles. The summed E-state index contributed by atoms with van der Waals surface area (Å²) in [5.74, 6) is -0.504. The number of hydrogen-bond donors (Lipinski definition) is 0. The van der Waals surface area contributed by atoms with Crippen molar-refractivity contribution in [2.45, 2.75) is 6.92 Å². The van der Waals surface area contributed by atoms with Gasteiger partial charge in [-0.3, -0.25) is 4.79 Å². The molecule has 0 saturated heterocycles. The summed E-state index contributed by atoms with van der Waals surface area (Å²) in [6, 6.07) is 1.42. The van der Waals surface area contributed by atoms with Crippen molar-refractivity contribution in [3.05, 3.63) is 28.0 Å². The summed E-state index contributed by atoms with van der Waals surface area (Å²) in [7, 11) is 1.34. The molecule has 0 N–H and O–H groups in total. The molecule has 0 aliphatic rings. The van der Waals surface area contributed by atoms with Crippen LogP contribution in [0.2, 0.25) is 5.02 Å². The molecule has 1 aromatic rings. The number of benzene rings is 1. The Morgan fingerprint density at radius 2 is 2.23 bits per heavy atom. The molecule has 1 aromatic carbocycles. The van der Waals surface area contributed by atoms with E-state index in [2.05, 4.69) is 0 Å². The molecule has 4 heteroatoms. The lowest BCUT2D eigenvalue weighted by atomic mass is 10.1. The lowest BCUT2D eigenvalue weighted by Crippen LogP contribution is -1.98. The molecule has 0 unspecified atom stereocenters. The van der Waals surface area contributed by atoms with Crippen LogP contribution in [0.5, 0.6) is 5.75 Å². The molecular formula is C9H8ClFO2. The largest absolute Gasteiger partial charge is 0.494 e. The number of ether oxygens (including phenoxy) is 1. The Morgan fingerprint density at radius 1 is 1.62 bits per heavy atom. The molecule has 13 heavy (non-hydrogen) atoms. The third-order valence-corrected chi connectivity index (χ3v) is 1.99. The van der Waals surface area contributed by atoms with Gasteiger partial charge in [0.25, 0.3) is 0 Å². The van der Waals surface area contributed by atoms with Crippen LogP contribution in [-0.2, 0) is 0 Å². The highest BCUT2D eigenvalue weighted by Crippen LogP contribution is 2.31. The van der Waals surface area contributed by atoms with Crippen molar-refractivity contribution in [1.29, 1.82) is 0 Å². The van der Waals surface area contributed by atoms with Crippen LogP contribution in [0.4, 0.5) is 4.39 Å². The van der Waals surface area contributed by atoms with Crippen LogP contribution in [0.25, 0.3) is 0 Å². The summed E-state index contributed by atoms with van der Waals surface area (Å²) in [5, 5.41) is 0.239. The summed E-state index contributed by atoms with van der Waals surface area (Å²) in [5.41, 5.74) is 0.195. The van der Waals surface area contributed by atoms with Gasteiger partial charge in [0.05, 0.1) is 17.7 Å².